The lowest BCUT2D eigenvalue weighted by atomic mass is 9.91. The van der Waals surface area contributed by atoms with Gasteiger partial charge >= 0.3 is 0 Å². The number of nitrogens with zero attached hydrogens (tertiary/aromatic N) is 2. The van der Waals surface area contributed by atoms with Crippen molar-refractivity contribution < 1.29 is 5.11 Å². The van der Waals surface area contributed by atoms with Crippen LogP contribution in [0.2, 0.25) is 0 Å². The number of likely N-dealkylation sites (N-methyl/N-ethyl adjacent to an activating group) is 2. The smallest absolute Gasteiger partial charge is 0.135 e. The molecule has 0 aliphatic carbocycles. The van der Waals surface area contributed by atoms with Crippen molar-refractivity contribution in [3.05, 3.63) is 102 Å². The van der Waals surface area contributed by atoms with E-state index in [1.54, 1.807) is 12.4 Å². The molecule has 0 amide bonds. The van der Waals surface area contributed by atoms with E-state index in [2.05, 4.69) is 34.6 Å². The highest BCUT2D eigenvalue weighted by Gasteiger charge is 2.31. The van der Waals surface area contributed by atoms with Crippen LogP contribution in [0.3, 0.4) is 0 Å². The first kappa shape index (κ1) is 18.3. The van der Waals surface area contributed by atoms with Crippen LogP contribution < -0.4 is 5.32 Å². The van der Waals surface area contributed by atoms with Gasteiger partial charge in [0.25, 0.3) is 0 Å². The van der Waals surface area contributed by atoms with E-state index in [0.717, 1.165) is 11.1 Å². The average Bonchev–Trinajstić information content (AvgIpc) is 2.73. The second-order valence-electron chi connectivity index (χ2n) is 6.36. The summed E-state index contributed by atoms with van der Waals surface area (Å²) in [5.74, 6) is 0. The van der Waals surface area contributed by atoms with E-state index in [-0.39, 0.29) is 12.1 Å². The van der Waals surface area contributed by atoms with Crippen LogP contribution in [0.4, 0.5) is 0 Å². The zero-order valence-electron chi connectivity index (χ0n) is 15.2. The van der Waals surface area contributed by atoms with Gasteiger partial charge in [-0.25, -0.2) is 0 Å². The fourth-order valence-corrected chi connectivity index (χ4v) is 3.40. The number of aromatic nitrogens is 1. The van der Waals surface area contributed by atoms with E-state index in [1.165, 1.54) is 5.56 Å². The van der Waals surface area contributed by atoms with Gasteiger partial charge in [0.05, 0.1) is 12.1 Å². The van der Waals surface area contributed by atoms with E-state index in [0.29, 0.717) is 0 Å². The average molecular weight is 347 g/mol. The SMILES string of the molecule is CNC(c1ccccc1)C(c1ccccc1)N(C)C(O)c1cccnc1. The van der Waals surface area contributed by atoms with E-state index in [1.807, 2.05) is 67.5 Å². The van der Waals surface area contributed by atoms with Crippen LogP contribution in [0.1, 0.15) is 35.0 Å². The molecule has 3 unspecified atom stereocenters. The van der Waals surface area contributed by atoms with E-state index >= 15 is 0 Å². The van der Waals surface area contributed by atoms with Gasteiger partial charge < -0.3 is 10.4 Å². The van der Waals surface area contributed by atoms with Gasteiger partial charge in [-0.2, -0.15) is 0 Å². The first-order chi connectivity index (χ1) is 12.7. The predicted molar refractivity (Wildman–Crippen MR) is 104 cm³/mol. The summed E-state index contributed by atoms with van der Waals surface area (Å²) in [6.07, 6.45) is 2.67. The minimum absolute atomic E-state index is 0.0231. The summed E-state index contributed by atoms with van der Waals surface area (Å²) in [5, 5.41) is 14.4. The van der Waals surface area contributed by atoms with E-state index < -0.39 is 6.23 Å². The molecule has 0 aliphatic rings. The first-order valence-corrected chi connectivity index (χ1v) is 8.79. The van der Waals surface area contributed by atoms with Crippen molar-refractivity contribution in [2.75, 3.05) is 14.1 Å². The molecule has 3 atom stereocenters. The van der Waals surface area contributed by atoms with Gasteiger partial charge in [-0.3, -0.25) is 9.88 Å². The fourth-order valence-electron chi connectivity index (χ4n) is 3.40. The Balaban J connectivity index is 2.00. The molecule has 1 heterocycles. The van der Waals surface area contributed by atoms with Gasteiger partial charge in [0.15, 0.2) is 0 Å². The van der Waals surface area contributed by atoms with Crippen LogP contribution in [0.25, 0.3) is 0 Å². The largest absolute Gasteiger partial charge is 0.374 e. The summed E-state index contributed by atoms with van der Waals surface area (Å²) in [5.41, 5.74) is 3.09. The minimum atomic E-state index is -0.756. The third kappa shape index (κ3) is 3.99. The molecule has 3 rings (SSSR count). The molecule has 2 N–H and O–H groups in total. The number of pyridine rings is 1. The summed E-state index contributed by atoms with van der Waals surface area (Å²) in [6, 6.07) is 24.3. The maximum Gasteiger partial charge on any atom is 0.135 e. The van der Waals surface area contributed by atoms with E-state index in [9.17, 15) is 5.11 Å². The Kier molecular flexibility index (Phi) is 6.12. The molecule has 4 nitrogen and oxygen atoms in total. The first-order valence-electron chi connectivity index (χ1n) is 8.79. The summed E-state index contributed by atoms with van der Waals surface area (Å²) in [6.45, 7) is 0. The Morgan fingerprint density at radius 1 is 0.846 bits per heavy atom. The third-order valence-electron chi connectivity index (χ3n) is 4.73. The Morgan fingerprint density at radius 2 is 1.42 bits per heavy atom. The topological polar surface area (TPSA) is 48.4 Å². The highest BCUT2D eigenvalue weighted by Crippen LogP contribution is 2.36. The molecule has 1 aromatic heterocycles. The van der Waals surface area contributed by atoms with Gasteiger partial charge in [0.1, 0.15) is 6.23 Å². The number of aliphatic hydroxyl groups excluding tert-OH is 1. The minimum Gasteiger partial charge on any atom is -0.374 e. The quantitative estimate of drug-likeness (QED) is 0.640. The van der Waals surface area contributed by atoms with Crippen molar-refractivity contribution in [3.8, 4) is 0 Å². The number of hydrogen-bond donors (Lipinski definition) is 2. The molecule has 3 aromatic rings. The zero-order valence-corrected chi connectivity index (χ0v) is 15.2. The van der Waals surface area contributed by atoms with Crippen molar-refractivity contribution in [2.24, 2.45) is 0 Å². The normalized spacial score (nSPS) is 14.8. The lowest BCUT2D eigenvalue weighted by molar-refractivity contribution is -0.0197. The lowest BCUT2D eigenvalue weighted by Crippen LogP contribution is -2.37. The summed E-state index contributed by atoms with van der Waals surface area (Å²) in [7, 11) is 3.90. The highest BCUT2D eigenvalue weighted by molar-refractivity contribution is 5.28. The number of benzene rings is 2. The predicted octanol–water partition coefficient (Wildman–Crippen LogP) is 3.71. The van der Waals surface area contributed by atoms with Crippen LogP contribution in [0.5, 0.6) is 0 Å². The highest BCUT2D eigenvalue weighted by atomic mass is 16.3. The van der Waals surface area contributed by atoms with Crippen molar-refractivity contribution in [1.82, 2.24) is 15.2 Å². The van der Waals surface area contributed by atoms with Crippen LogP contribution in [0.15, 0.2) is 85.2 Å². The Bertz CT molecular complexity index is 780. The van der Waals surface area contributed by atoms with Gasteiger partial charge in [-0.05, 0) is 31.3 Å². The number of aliphatic hydroxyl groups is 1. The molecular weight excluding hydrogens is 322 g/mol. The fraction of sp³-hybridized carbons (Fsp3) is 0.227. The van der Waals surface area contributed by atoms with Crippen molar-refractivity contribution in [3.63, 3.8) is 0 Å². The second-order valence-corrected chi connectivity index (χ2v) is 6.36. The molecule has 0 saturated carbocycles. The van der Waals surface area contributed by atoms with Crippen LogP contribution in [0, 0.1) is 0 Å². The number of rotatable bonds is 7. The summed E-state index contributed by atoms with van der Waals surface area (Å²) in [4.78, 5) is 6.13. The molecule has 0 spiro atoms. The molecule has 2 aromatic carbocycles. The number of hydrogen-bond acceptors (Lipinski definition) is 4. The zero-order chi connectivity index (χ0) is 18.4. The van der Waals surface area contributed by atoms with Gasteiger partial charge in [0, 0.05) is 18.0 Å². The van der Waals surface area contributed by atoms with Gasteiger partial charge in [0.2, 0.25) is 0 Å². The standard InChI is InChI=1S/C22H25N3O/c1-23-20(17-10-5-3-6-11-17)21(18-12-7-4-8-13-18)25(2)22(26)19-14-9-15-24-16-19/h3-16,20-23,26H,1-2H3. The molecule has 0 aliphatic heterocycles. The molecule has 134 valence electrons. The second kappa shape index (κ2) is 8.72. The van der Waals surface area contributed by atoms with Crippen molar-refractivity contribution in [1.29, 1.82) is 0 Å². The van der Waals surface area contributed by atoms with Crippen LogP contribution in [-0.2, 0) is 0 Å². The van der Waals surface area contributed by atoms with Crippen molar-refractivity contribution >= 4 is 0 Å². The molecule has 4 heteroatoms. The maximum atomic E-state index is 11.0. The molecule has 26 heavy (non-hydrogen) atoms. The Morgan fingerprint density at radius 3 is 1.96 bits per heavy atom. The molecule has 0 saturated heterocycles. The third-order valence-corrected chi connectivity index (χ3v) is 4.73. The molecule has 0 fully saturated rings. The maximum absolute atomic E-state index is 11.0. The molecule has 0 bridgehead atoms. The van der Waals surface area contributed by atoms with Gasteiger partial charge in [-0.15, -0.1) is 0 Å². The van der Waals surface area contributed by atoms with Crippen molar-refractivity contribution in [2.45, 2.75) is 18.3 Å². The van der Waals surface area contributed by atoms with E-state index in [4.69, 9.17) is 0 Å². The van der Waals surface area contributed by atoms with Crippen LogP contribution in [-0.4, -0.2) is 29.1 Å². The van der Waals surface area contributed by atoms with Gasteiger partial charge in [-0.1, -0.05) is 66.7 Å². The Labute approximate surface area is 155 Å². The van der Waals surface area contributed by atoms with Crippen LogP contribution >= 0.6 is 0 Å². The summed E-state index contributed by atoms with van der Waals surface area (Å²) < 4.78 is 0. The molecule has 0 radical (unpaired) electrons. The monoisotopic (exact) mass is 347 g/mol. The Hall–Kier alpha value is -2.53. The molecular formula is C22H25N3O. The summed E-state index contributed by atoms with van der Waals surface area (Å²) >= 11 is 0. The number of nitrogens with one attached hydrogen (secondary N) is 1. The lowest BCUT2D eigenvalue weighted by Gasteiger charge is -2.38.